The maximum absolute atomic E-state index is 5.41. The number of hydrogen-bond acceptors (Lipinski definition) is 4. The largest absolute Gasteiger partial charge is 0.384 e. The van der Waals surface area contributed by atoms with Crippen LogP contribution in [0, 0.1) is 5.41 Å². The first-order valence-electron chi connectivity index (χ1n) is 6.26. The molecular formula is C13H22N2OS. The number of hydrogen-bond donors (Lipinski definition) is 2. The summed E-state index contributed by atoms with van der Waals surface area (Å²) in [5, 5.41) is 11.3. The van der Waals surface area contributed by atoms with Crippen LogP contribution in [-0.4, -0.2) is 33.4 Å². The minimum atomic E-state index is 0.329. The summed E-state index contributed by atoms with van der Waals surface area (Å²) in [7, 11) is 1.81. The third-order valence-electron chi connectivity index (χ3n) is 3.52. The highest BCUT2D eigenvalue weighted by molar-refractivity contribution is 7.07. The molecule has 0 amide bonds. The van der Waals surface area contributed by atoms with Gasteiger partial charge in [-0.3, -0.25) is 0 Å². The molecule has 1 aromatic rings. The molecule has 17 heavy (non-hydrogen) atoms. The van der Waals surface area contributed by atoms with Crippen molar-refractivity contribution in [1.29, 1.82) is 0 Å². The molecular weight excluding hydrogens is 232 g/mol. The molecule has 1 fully saturated rings. The number of methoxy groups -OCH3 is 1. The van der Waals surface area contributed by atoms with Crippen molar-refractivity contribution in [3.05, 3.63) is 22.4 Å². The lowest BCUT2D eigenvalue weighted by molar-refractivity contribution is 0.0534. The van der Waals surface area contributed by atoms with Crippen LogP contribution in [0.3, 0.4) is 0 Å². The molecule has 1 aliphatic heterocycles. The van der Waals surface area contributed by atoms with Crippen LogP contribution in [0.5, 0.6) is 0 Å². The minimum absolute atomic E-state index is 0.329. The maximum atomic E-state index is 5.41. The molecule has 2 rings (SSSR count). The van der Waals surface area contributed by atoms with Crippen LogP contribution in [0.25, 0.3) is 0 Å². The summed E-state index contributed by atoms with van der Waals surface area (Å²) in [5.74, 6) is 0. The van der Waals surface area contributed by atoms with E-state index in [0.717, 1.165) is 32.8 Å². The molecule has 0 aliphatic carbocycles. The number of thiophene rings is 1. The first-order chi connectivity index (χ1) is 8.35. The second-order valence-corrected chi connectivity index (χ2v) is 5.70. The van der Waals surface area contributed by atoms with Crippen molar-refractivity contribution < 1.29 is 4.74 Å². The van der Waals surface area contributed by atoms with Gasteiger partial charge in [-0.1, -0.05) is 0 Å². The fourth-order valence-electron chi connectivity index (χ4n) is 2.50. The number of rotatable bonds is 6. The van der Waals surface area contributed by atoms with E-state index in [-0.39, 0.29) is 0 Å². The Labute approximate surface area is 108 Å². The molecule has 4 heteroatoms. The lowest BCUT2D eigenvalue weighted by Gasteiger charge is -2.37. The van der Waals surface area contributed by atoms with Crippen LogP contribution < -0.4 is 10.6 Å². The van der Waals surface area contributed by atoms with E-state index in [2.05, 4.69) is 27.5 Å². The number of piperidine rings is 1. The predicted molar refractivity (Wildman–Crippen MR) is 72.4 cm³/mol. The minimum Gasteiger partial charge on any atom is -0.384 e. The topological polar surface area (TPSA) is 33.3 Å². The van der Waals surface area contributed by atoms with Crippen LogP contribution in [-0.2, 0) is 11.3 Å². The van der Waals surface area contributed by atoms with Crippen LogP contribution in [0.15, 0.2) is 16.8 Å². The molecule has 0 atom stereocenters. The molecule has 0 unspecified atom stereocenters. The lowest BCUT2D eigenvalue weighted by atomic mass is 9.79. The van der Waals surface area contributed by atoms with Gasteiger partial charge < -0.3 is 15.4 Å². The summed E-state index contributed by atoms with van der Waals surface area (Å²) in [6.45, 7) is 5.12. The van der Waals surface area contributed by atoms with Crippen molar-refractivity contribution >= 4 is 11.3 Å². The molecule has 1 saturated heterocycles. The molecule has 1 aromatic heterocycles. The Hall–Kier alpha value is -0.420. The van der Waals surface area contributed by atoms with Crippen molar-refractivity contribution in [2.75, 3.05) is 33.4 Å². The lowest BCUT2D eigenvalue weighted by Crippen LogP contribution is -2.45. The molecule has 3 nitrogen and oxygen atoms in total. The molecule has 0 saturated carbocycles. The number of nitrogens with one attached hydrogen (secondary N) is 2. The van der Waals surface area contributed by atoms with E-state index in [0.29, 0.717) is 5.41 Å². The Kier molecular flexibility index (Phi) is 4.98. The average molecular weight is 254 g/mol. The third kappa shape index (κ3) is 3.78. The van der Waals surface area contributed by atoms with Crippen molar-refractivity contribution in [2.24, 2.45) is 5.41 Å². The zero-order valence-corrected chi connectivity index (χ0v) is 11.3. The highest BCUT2D eigenvalue weighted by Gasteiger charge is 2.31. The summed E-state index contributed by atoms with van der Waals surface area (Å²) in [4.78, 5) is 0. The van der Waals surface area contributed by atoms with Gasteiger partial charge in [0, 0.05) is 25.6 Å². The Morgan fingerprint density at radius 2 is 2.29 bits per heavy atom. The van der Waals surface area contributed by atoms with Crippen molar-refractivity contribution in [2.45, 2.75) is 19.4 Å². The molecule has 0 aromatic carbocycles. The van der Waals surface area contributed by atoms with Crippen LogP contribution in [0.4, 0.5) is 0 Å². The molecule has 2 N–H and O–H groups in total. The zero-order chi connectivity index (χ0) is 12.0. The first-order valence-corrected chi connectivity index (χ1v) is 7.20. The fourth-order valence-corrected chi connectivity index (χ4v) is 3.17. The third-order valence-corrected chi connectivity index (χ3v) is 4.26. The van der Waals surface area contributed by atoms with Gasteiger partial charge in [0.1, 0.15) is 0 Å². The van der Waals surface area contributed by atoms with Crippen LogP contribution >= 0.6 is 11.3 Å². The van der Waals surface area contributed by atoms with Crippen molar-refractivity contribution in [3.63, 3.8) is 0 Å². The van der Waals surface area contributed by atoms with E-state index in [1.807, 2.05) is 7.11 Å². The molecule has 0 bridgehead atoms. The van der Waals surface area contributed by atoms with E-state index in [4.69, 9.17) is 4.74 Å². The standard InChI is InChI=1S/C13H22N2OS/c1-16-11-13(3-5-14-6-4-13)10-15-8-12-2-7-17-9-12/h2,7,9,14-15H,3-6,8,10-11H2,1H3. The predicted octanol–water partition coefficient (Wildman–Crippen LogP) is 1.85. The van der Waals surface area contributed by atoms with Crippen LogP contribution in [0.1, 0.15) is 18.4 Å². The van der Waals surface area contributed by atoms with Gasteiger partial charge in [0.15, 0.2) is 0 Å². The highest BCUT2D eigenvalue weighted by atomic mass is 32.1. The summed E-state index contributed by atoms with van der Waals surface area (Å²) >= 11 is 1.76. The van der Waals surface area contributed by atoms with E-state index in [1.165, 1.54) is 18.4 Å². The Morgan fingerprint density at radius 1 is 1.47 bits per heavy atom. The number of ether oxygens (including phenoxy) is 1. The summed E-state index contributed by atoms with van der Waals surface area (Å²) in [6, 6.07) is 2.18. The van der Waals surface area contributed by atoms with Crippen molar-refractivity contribution in [1.82, 2.24) is 10.6 Å². The summed E-state index contributed by atoms with van der Waals surface area (Å²) in [5.41, 5.74) is 1.72. The van der Waals surface area contributed by atoms with Gasteiger partial charge in [0.05, 0.1) is 6.61 Å². The molecule has 0 spiro atoms. The normalized spacial score (nSPS) is 19.4. The highest BCUT2D eigenvalue weighted by Crippen LogP contribution is 2.28. The van der Waals surface area contributed by atoms with Gasteiger partial charge in [0.25, 0.3) is 0 Å². The van der Waals surface area contributed by atoms with Crippen molar-refractivity contribution in [3.8, 4) is 0 Å². The molecule has 1 aliphatic rings. The average Bonchev–Trinajstić information content (AvgIpc) is 2.84. The zero-order valence-electron chi connectivity index (χ0n) is 10.5. The smallest absolute Gasteiger partial charge is 0.0531 e. The Balaban J connectivity index is 1.80. The van der Waals surface area contributed by atoms with Gasteiger partial charge in [-0.15, -0.1) is 0 Å². The summed E-state index contributed by atoms with van der Waals surface area (Å²) < 4.78 is 5.41. The van der Waals surface area contributed by atoms with Gasteiger partial charge in [-0.25, -0.2) is 0 Å². The van der Waals surface area contributed by atoms with E-state index in [9.17, 15) is 0 Å². The van der Waals surface area contributed by atoms with Gasteiger partial charge in [-0.2, -0.15) is 11.3 Å². The monoisotopic (exact) mass is 254 g/mol. The molecule has 2 heterocycles. The first kappa shape index (κ1) is 13.0. The van der Waals surface area contributed by atoms with Gasteiger partial charge >= 0.3 is 0 Å². The summed E-state index contributed by atoms with van der Waals surface area (Å²) in [6.07, 6.45) is 2.41. The maximum Gasteiger partial charge on any atom is 0.0531 e. The van der Waals surface area contributed by atoms with Crippen LogP contribution in [0.2, 0.25) is 0 Å². The Bertz CT molecular complexity index is 302. The van der Waals surface area contributed by atoms with Gasteiger partial charge in [-0.05, 0) is 48.3 Å². The van der Waals surface area contributed by atoms with E-state index >= 15 is 0 Å². The van der Waals surface area contributed by atoms with E-state index < -0.39 is 0 Å². The second-order valence-electron chi connectivity index (χ2n) is 4.92. The molecule has 96 valence electrons. The SMILES string of the molecule is COCC1(CNCc2ccsc2)CCNCC1. The van der Waals surface area contributed by atoms with Gasteiger partial charge in [0.2, 0.25) is 0 Å². The fraction of sp³-hybridized carbons (Fsp3) is 0.692. The quantitative estimate of drug-likeness (QED) is 0.813. The second kappa shape index (κ2) is 6.50. The van der Waals surface area contributed by atoms with E-state index in [1.54, 1.807) is 11.3 Å². The molecule has 0 radical (unpaired) electrons. The Morgan fingerprint density at radius 3 is 2.94 bits per heavy atom.